The number of aromatic nitrogens is 1. The molecule has 0 spiro atoms. The van der Waals surface area contributed by atoms with Gasteiger partial charge in [-0.3, -0.25) is 0 Å². The summed E-state index contributed by atoms with van der Waals surface area (Å²) in [6, 6.07) is 16.8. The second kappa shape index (κ2) is 7.07. The fraction of sp³-hybridized carbons (Fsp3) is 0.0526. The summed E-state index contributed by atoms with van der Waals surface area (Å²) in [7, 11) is 0. The van der Waals surface area contributed by atoms with Gasteiger partial charge in [0.25, 0.3) is 0 Å². The molecule has 3 nitrogen and oxygen atoms in total. The van der Waals surface area contributed by atoms with Crippen LogP contribution in [0.1, 0.15) is 10.6 Å². The summed E-state index contributed by atoms with van der Waals surface area (Å²) in [6.45, 7) is 1.70. The van der Waals surface area contributed by atoms with Crippen molar-refractivity contribution in [1.82, 2.24) is 4.98 Å². The normalized spacial score (nSPS) is 11.1. The van der Waals surface area contributed by atoms with E-state index >= 15 is 0 Å². The molecule has 0 radical (unpaired) electrons. The van der Waals surface area contributed by atoms with Gasteiger partial charge < -0.3 is 5.32 Å². The smallest absolute Gasteiger partial charge is 0.136 e. The molecule has 0 atom stereocenters. The van der Waals surface area contributed by atoms with Crippen molar-refractivity contribution in [1.29, 1.82) is 5.26 Å². The molecule has 0 unspecified atom stereocenters. The third-order valence-corrected chi connectivity index (χ3v) is 4.36. The van der Waals surface area contributed by atoms with E-state index in [2.05, 4.69) is 16.4 Å². The number of rotatable bonds is 4. The molecule has 0 bridgehead atoms. The van der Waals surface area contributed by atoms with E-state index in [-0.39, 0.29) is 5.82 Å². The van der Waals surface area contributed by atoms with Crippen LogP contribution in [-0.2, 0) is 0 Å². The fourth-order valence-electron chi connectivity index (χ4n) is 2.12. The minimum absolute atomic E-state index is 0.285. The van der Waals surface area contributed by atoms with Crippen molar-refractivity contribution in [2.24, 2.45) is 0 Å². The third-order valence-electron chi connectivity index (χ3n) is 3.48. The van der Waals surface area contributed by atoms with Crippen molar-refractivity contribution in [3.8, 4) is 17.3 Å². The Balaban J connectivity index is 1.82. The molecule has 0 amide bonds. The maximum atomic E-state index is 13.6. The quantitative estimate of drug-likeness (QED) is 0.664. The Morgan fingerprint density at radius 3 is 2.75 bits per heavy atom. The molecular weight excluding hydrogens is 321 g/mol. The lowest BCUT2D eigenvalue weighted by atomic mass is 10.2. The zero-order chi connectivity index (χ0) is 16.9. The van der Waals surface area contributed by atoms with Gasteiger partial charge in [-0.1, -0.05) is 36.4 Å². The monoisotopic (exact) mass is 335 g/mol. The van der Waals surface area contributed by atoms with Crippen LogP contribution in [0.4, 0.5) is 10.1 Å². The summed E-state index contributed by atoms with van der Waals surface area (Å²) in [5.74, 6) is -0.285. The summed E-state index contributed by atoms with van der Waals surface area (Å²) >= 11 is 1.40. The van der Waals surface area contributed by atoms with Gasteiger partial charge in [-0.15, -0.1) is 11.3 Å². The predicted molar refractivity (Wildman–Crippen MR) is 95.9 cm³/mol. The van der Waals surface area contributed by atoms with Gasteiger partial charge in [-0.05, 0) is 24.6 Å². The standard InChI is InChI=1S/C19H14FN3S/c1-13-7-8-16(9-17(13)20)22-11-15(10-21)19-23-18(12-24-19)14-5-3-2-4-6-14/h2-9,11-12,22H,1H3. The van der Waals surface area contributed by atoms with Gasteiger partial charge in [0.15, 0.2) is 0 Å². The van der Waals surface area contributed by atoms with Crippen LogP contribution in [-0.4, -0.2) is 4.98 Å². The van der Waals surface area contributed by atoms with Gasteiger partial charge in [0.1, 0.15) is 22.5 Å². The van der Waals surface area contributed by atoms with Crippen LogP contribution in [0, 0.1) is 24.1 Å². The van der Waals surface area contributed by atoms with Gasteiger partial charge in [-0.2, -0.15) is 5.26 Å². The number of hydrogen-bond acceptors (Lipinski definition) is 4. The lowest BCUT2D eigenvalue weighted by Gasteiger charge is -2.03. The number of nitrogens with zero attached hydrogens (tertiary/aromatic N) is 2. The van der Waals surface area contributed by atoms with Crippen molar-refractivity contribution in [3.05, 3.63) is 76.5 Å². The van der Waals surface area contributed by atoms with Crippen LogP contribution in [0.3, 0.4) is 0 Å². The highest BCUT2D eigenvalue weighted by Crippen LogP contribution is 2.26. The Morgan fingerprint density at radius 2 is 2.04 bits per heavy atom. The molecule has 2 aromatic carbocycles. The molecular formula is C19H14FN3S. The summed E-state index contributed by atoms with van der Waals surface area (Å²) in [5.41, 5.74) is 3.41. The SMILES string of the molecule is Cc1ccc(NC=C(C#N)c2nc(-c3ccccc3)cs2)cc1F. The summed E-state index contributed by atoms with van der Waals surface area (Å²) in [5, 5.41) is 14.9. The highest BCUT2D eigenvalue weighted by atomic mass is 32.1. The van der Waals surface area contributed by atoms with E-state index in [1.165, 1.54) is 17.4 Å². The number of nitriles is 1. The van der Waals surface area contributed by atoms with Crippen molar-refractivity contribution in [2.75, 3.05) is 5.32 Å². The van der Waals surface area contributed by atoms with Gasteiger partial charge >= 0.3 is 0 Å². The molecule has 0 saturated carbocycles. The maximum Gasteiger partial charge on any atom is 0.136 e. The lowest BCUT2D eigenvalue weighted by molar-refractivity contribution is 0.619. The van der Waals surface area contributed by atoms with Gasteiger partial charge in [-0.25, -0.2) is 9.37 Å². The Morgan fingerprint density at radius 1 is 1.25 bits per heavy atom. The first-order valence-electron chi connectivity index (χ1n) is 7.31. The topological polar surface area (TPSA) is 48.7 Å². The Kier molecular flexibility index (Phi) is 4.69. The van der Waals surface area contributed by atoms with Gasteiger partial charge in [0.2, 0.25) is 0 Å². The second-order valence-corrected chi connectivity index (χ2v) is 6.04. The Hall–Kier alpha value is -2.97. The number of anilines is 1. The molecule has 1 aromatic heterocycles. The second-order valence-electron chi connectivity index (χ2n) is 5.18. The van der Waals surface area contributed by atoms with Crippen LogP contribution >= 0.6 is 11.3 Å². The van der Waals surface area contributed by atoms with Gasteiger partial charge in [0.05, 0.1) is 5.69 Å². The third kappa shape index (κ3) is 3.50. The minimum atomic E-state index is -0.285. The van der Waals surface area contributed by atoms with E-state index in [4.69, 9.17) is 0 Å². The average molecular weight is 335 g/mol. The van der Waals surface area contributed by atoms with E-state index in [1.807, 2.05) is 35.7 Å². The van der Waals surface area contributed by atoms with E-state index < -0.39 is 0 Å². The Labute approximate surface area is 143 Å². The minimum Gasteiger partial charge on any atom is -0.360 e. The molecule has 1 N–H and O–H groups in total. The number of benzene rings is 2. The molecule has 0 fully saturated rings. The highest BCUT2D eigenvalue weighted by molar-refractivity contribution is 7.11. The first-order chi connectivity index (χ1) is 11.7. The zero-order valence-electron chi connectivity index (χ0n) is 13.0. The lowest BCUT2D eigenvalue weighted by Crippen LogP contribution is -1.93. The van der Waals surface area contributed by atoms with Crippen molar-refractivity contribution in [2.45, 2.75) is 6.92 Å². The molecule has 24 heavy (non-hydrogen) atoms. The molecule has 1 heterocycles. The molecule has 0 aliphatic heterocycles. The molecule has 0 saturated heterocycles. The largest absolute Gasteiger partial charge is 0.360 e. The first-order valence-corrected chi connectivity index (χ1v) is 8.19. The maximum absolute atomic E-state index is 13.6. The number of thiazole rings is 1. The number of allylic oxidation sites excluding steroid dienone is 1. The number of hydrogen-bond donors (Lipinski definition) is 1. The number of halogens is 1. The van der Waals surface area contributed by atoms with E-state index in [0.29, 0.717) is 21.8 Å². The summed E-state index contributed by atoms with van der Waals surface area (Å²) in [6.07, 6.45) is 1.55. The van der Waals surface area contributed by atoms with Crippen LogP contribution in [0.15, 0.2) is 60.1 Å². The molecule has 3 rings (SSSR count). The van der Waals surface area contributed by atoms with Crippen molar-refractivity contribution < 1.29 is 4.39 Å². The fourth-order valence-corrected chi connectivity index (χ4v) is 2.91. The Bertz CT molecular complexity index is 923. The number of nitrogens with one attached hydrogen (secondary N) is 1. The van der Waals surface area contributed by atoms with Gasteiger partial charge in [0, 0.05) is 22.8 Å². The zero-order valence-corrected chi connectivity index (χ0v) is 13.8. The van der Waals surface area contributed by atoms with Crippen molar-refractivity contribution in [3.63, 3.8) is 0 Å². The summed E-state index contributed by atoms with van der Waals surface area (Å²) in [4.78, 5) is 4.51. The average Bonchev–Trinajstić information content (AvgIpc) is 3.09. The molecule has 0 aliphatic carbocycles. The molecule has 5 heteroatoms. The van der Waals surface area contributed by atoms with E-state index in [9.17, 15) is 9.65 Å². The van der Waals surface area contributed by atoms with Crippen LogP contribution in [0.5, 0.6) is 0 Å². The predicted octanol–water partition coefficient (Wildman–Crippen LogP) is 5.23. The van der Waals surface area contributed by atoms with E-state index in [0.717, 1.165) is 11.3 Å². The van der Waals surface area contributed by atoms with Crippen LogP contribution in [0.2, 0.25) is 0 Å². The molecule has 118 valence electrons. The first kappa shape index (κ1) is 15.9. The molecule has 0 aliphatic rings. The highest BCUT2D eigenvalue weighted by Gasteiger charge is 2.09. The van der Waals surface area contributed by atoms with Crippen LogP contribution < -0.4 is 5.32 Å². The van der Waals surface area contributed by atoms with E-state index in [1.54, 1.807) is 25.3 Å². The van der Waals surface area contributed by atoms with Crippen LogP contribution in [0.25, 0.3) is 16.8 Å². The number of aryl methyl sites for hydroxylation is 1. The van der Waals surface area contributed by atoms with Crippen molar-refractivity contribution >= 4 is 22.6 Å². The molecule has 3 aromatic rings. The summed E-state index contributed by atoms with van der Waals surface area (Å²) < 4.78 is 13.6.